The molecular weight excluding hydrogens is 563 g/mol. The van der Waals surface area contributed by atoms with E-state index in [1.54, 1.807) is 46.8 Å². The van der Waals surface area contributed by atoms with Gasteiger partial charge in [-0.1, -0.05) is 12.1 Å². The van der Waals surface area contributed by atoms with Crippen molar-refractivity contribution in [2.24, 2.45) is 0 Å². The van der Waals surface area contributed by atoms with Crippen molar-refractivity contribution in [1.82, 2.24) is 4.98 Å². The number of benzene rings is 1. The lowest BCUT2D eigenvalue weighted by molar-refractivity contribution is -0.146. The van der Waals surface area contributed by atoms with Crippen molar-refractivity contribution in [2.75, 3.05) is 24.7 Å². The van der Waals surface area contributed by atoms with Crippen LogP contribution in [0.3, 0.4) is 0 Å². The third-order valence-corrected chi connectivity index (χ3v) is 6.42. The Bertz CT molecular complexity index is 1170. The topological polar surface area (TPSA) is 104 Å². The number of hydrogen-bond acceptors (Lipinski definition) is 8. The van der Waals surface area contributed by atoms with Gasteiger partial charge >= 0.3 is 11.9 Å². The van der Waals surface area contributed by atoms with E-state index in [9.17, 15) is 18.8 Å². The summed E-state index contributed by atoms with van der Waals surface area (Å²) in [5, 5.41) is 0. The van der Waals surface area contributed by atoms with E-state index >= 15 is 0 Å². The number of hydrogen-bond donors (Lipinski definition) is 0. The Labute approximate surface area is 229 Å². The van der Waals surface area contributed by atoms with E-state index in [1.807, 2.05) is 0 Å². The van der Waals surface area contributed by atoms with Crippen LogP contribution in [0.25, 0.3) is 0 Å². The predicted molar refractivity (Wildman–Crippen MR) is 140 cm³/mol. The summed E-state index contributed by atoms with van der Waals surface area (Å²) in [7, 11) is 0. The number of halogens is 2. The molecular formula is C27H32BrFN2O7. The molecule has 1 fully saturated rings. The summed E-state index contributed by atoms with van der Waals surface area (Å²) < 4.78 is 35.8. The monoisotopic (exact) mass is 594 g/mol. The van der Waals surface area contributed by atoms with Gasteiger partial charge in [-0.15, -0.1) is 0 Å². The first kappa shape index (κ1) is 29.7. The van der Waals surface area contributed by atoms with Gasteiger partial charge < -0.3 is 23.8 Å². The summed E-state index contributed by atoms with van der Waals surface area (Å²) in [6.07, 6.45) is 0.290. The van der Waals surface area contributed by atoms with Gasteiger partial charge in [0.15, 0.2) is 11.5 Å². The quantitative estimate of drug-likeness (QED) is 0.291. The van der Waals surface area contributed by atoms with Gasteiger partial charge in [0.05, 0.1) is 31.5 Å². The lowest BCUT2D eigenvalue weighted by Gasteiger charge is -2.28. The zero-order valence-electron chi connectivity index (χ0n) is 22.1. The fourth-order valence-corrected chi connectivity index (χ4v) is 4.58. The van der Waals surface area contributed by atoms with Crippen molar-refractivity contribution in [3.63, 3.8) is 0 Å². The van der Waals surface area contributed by atoms with Gasteiger partial charge in [0, 0.05) is 17.1 Å². The molecule has 1 aromatic heterocycles. The van der Waals surface area contributed by atoms with Crippen molar-refractivity contribution in [1.29, 1.82) is 0 Å². The minimum Gasteiger partial charge on any atom is -0.466 e. The Morgan fingerprint density at radius 2 is 1.92 bits per heavy atom. The molecule has 1 aliphatic rings. The van der Waals surface area contributed by atoms with Crippen LogP contribution in [0.2, 0.25) is 0 Å². The number of carbonyl (C=O) groups is 3. The third-order valence-electron chi connectivity index (χ3n) is 5.53. The zero-order valence-corrected chi connectivity index (χ0v) is 23.7. The molecule has 9 nitrogen and oxygen atoms in total. The molecule has 0 unspecified atom stereocenters. The molecule has 2 aromatic rings. The number of nitrogens with zero attached hydrogens (tertiary/aromatic N) is 2. The minimum absolute atomic E-state index is 0.0239. The van der Waals surface area contributed by atoms with Crippen molar-refractivity contribution in [2.45, 2.75) is 65.5 Å². The average molecular weight is 595 g/mol. The minimum atomic E-state index is -0.861. The maximum Gasteiger partial charge on any atom is 0.359 e. The summed E-state index contributed by atoms with van der Waals surface area (Å²) in [6.45, 7) is 8.84. The molecule has 1 saturated heterocycles. The van der Waals surface area contributed by atoms with E-state index in [0.717, 1.165) is 5.56 Å². The van der Waals surface area contributed by atoms with Crippen LogP contribution in [-0.4, -0.2) is 60.6 Å². The molecule has 1 aromatic carbocycles. The molecule has 3 rings (SSSR count). The number of aromatic nitrogens is 1. The molecule has 1 atom stereocenters. The van der Waals surface area contributed by atoms with Gasteiger partial charge in [0.25, 0.3) is 0 Å². The normalized spacial score (nSPS) is 16.4. The van der Waals surface area contributed by atoms with E-state index in [1.165, 1.54) is 23.2 Å². The largest absolute Gasteiger partial charge is 0.466 e. The van der Waals surface area contributed by atoms with E-state index in [-0.39, 0.29) is 37.0 Å². The second kappa shape index (κ2) is 12.8. The molecule has 0 bridgehead atoms. The fraction of sp³-hybridized carbons (Fsp3) is 0.481. The highest BCUT2D eigenvalue weighted by Gasteiger charge is 2.37. The van der Waals surface area contributed by atoms with Crippen LogP contribution in [0.1, 0.15) is 62.7 Å². The van der Waals surface area contributed by atoms with E-state index in [2.05, 4.69) is 20.9 Å². The molecule has 206 valence electrons. The molecule has 0 aliphatic carbocycles. The number of pyridine rings is 1. The average Bonchev–Trinajstić information content (AvgIpc) is 3.18. The van der Waals surface area contributed by atoms with E-state index < -0.39 is 42.3 Å². The standard InChI is InChI=1S/C27H32BrFN2O7/c1-6-35-22(33)12-21(32)31(14-20-15-36-27(4,5)38-20)25-23(28)18(11-17-7-9-19(29)10-8-17)13-30-24(25)26(34)37-16(2)3/h7-10,13,16,20H,6,11-12,14-15H2,1-5H3/t20-/m1/s1. The summed E-state index contributed by atoms with van der Waals surface area (Å²) >= 11 is 3.57. The molecule has 38 heavy (non-hydrogen) atoms. The van der Waals surface area contributed by atoms with Crippen LogP contribution >= 0.6 is 15.9 Å². The van der Waals surface area contributed by atoms with Crippen LogP contribution in [0, 0.1) is 5.82 Å². The summed E-state index contributed by atoms with van der Waals surface area (Å²) in [5.74, 6) is -3.28. The number of anilines is 1. The fourth-order valence-electron chi connectivity index (χ4n) is 3.93. The number of carbonyl (C=O) groups excluding carboxylic acids is 3. The molecule has 2 heterocycles. The summed E-state index contributed by atoms with van der Waals surface area (Å²) in [5.41, 5.74) is 1.45. The van der Waals surface area contributed by atoms with Gasteiger partial charge in [-0.25, -0.2) is 14.2 Å². The second-order valence-electron chi connectivity index (χ2n) is 9.49. The van der Waals surface area contributed by atoms with Crippen LogP contribution in [0.5, 0.6) is 0 Å². The van der Waals surface area contributed by atoms with Crippen LogP contribution in [-0.2, 0) is 35.0 Å². The van der Waals surface area contributed by atoms with Gasteiger partial charge in [-0.05, 0) is 73.8 Å². The van der Waals surface area contributed by atoms with Crippen LogP contribution in [0.4, 0.5) is 10.1 Å². The molecule has 1 aliphatic heterocycles. The Balaban J connectivity index is 2.10. The van der Waals surface area contributed by atoms with Crippen molar-refractivity contribution in [3.8, 4) is 0 Å². The molecule has 0 radical (unpaired) electrons. The third kappa shape index (κ3) is 7.81. The highest BCUT2D eigenvalue weighted by Crippen LogP contribution is 2.36. The van der Waals surface area contributed by atoms with E-state index in [4.69, 9.17) is 18.9 Å². The van der Waals surface area contributed by atoms with Gasteiger partial charge in [0.1, 0.15) is 18.3 Å². The molecule has 0 spiro atoms. The van der Waals surface area contributed by atoms with Crippen molar-refractivity contribution < 1.29 is 37.7 Å². The number of amides is 1. The number of ether oxygens (including phenoxy) is 4. The van der Waals surface area contributed by atoms with Crippen LogP contribution < -0.4 is 4.90 Å². The Kier molecular flexibility index (Phi) is 9.97. The van der Waals surface area contributed by atoms with Gasteiger partial charge in [-0.3, -0.25) is 9.59 Å². The number of rotatable bonds is 10. The molecule has 0 N–H and O–H groups in total. The van der Waals surface area contributed by atoms with Crippen molar-refractivity contribution >= 4 is 39.5 Å². The lowest BCUT2D eigenvalue weighted by Crippen LogP contribution is -2.41. The Morgan fingerprint density at radius 3 is 2.50 bits per heavy atom. The van der Waals surface area contributed by atoms with Gasteiger partial charge in [0.2, 0.25) is 5.91 Å². The summed E-state index contributed by atoms with van der Waals surface area (Å²) in [6, 6.07) is 5.97. The maximum atomic E-state index is 13.5. The Morgan fingerprint density at radius 1 is 1.24 bits per heavy atom. The zero-order chi connectivity index (χ0) is 28.0. The highest BCUT2D eigenvalue weighted by atomic mass is 79.9. The van der Waals surface area contributed by atoms with E-state index in [0.29, 0.717) is 16.5 Å². The van der Waals surface area contributed by atoms with Gasteiger partial charge in [-0.2, -0.15) is 0 Å². The molecule has 0 saturated carbocycles. The molecule has 1 amide bonds. The van der Waals surface area contributed by atoms with Crippen molar-refractivity contribution in [3.05, 3.63) is 57.6 Å². The molecule has 11 heteroatoms. The lowest BCUT2D eigenvalue weighted by atomic mass is 10.0. The first-order chi connectivity index (χ1) is 17.9. The Hall–Kier alpha value is -2.89. The smallest absolute Gasteiger partial charge is 0.359 e. The summed E-state index contributed by atoms with van der Waals surface area (Å²) in [4.78, 5) is 44.5. The van der Waals surface area contributed by atoms with Crippen LogP contribution in [0.15, 0.2) is 34.9 Å². The maximum absolute atomic E-state index is 13.5. The first-order valence-electron chi connectivity index (χ1n) is 12.3. The predicted octanol–water partition coefficient (Wildman–Crippen LogP) is 4.58. The first-order valence-corrected chi connectivity index (χ1v) is 13.1. The highest BCUT2D eigenvalue weighted by molar-refractivity contribution is 9.10. The number of esters is 2. The SMILES string of the molecule is CCOC(=O)CC(=O)N(C[C@@H]1COC(C)(C)O1)c1c(C(=O)OC(C)C)ncc(Cc2ccc(F)cc2)c1Br. The second-order valence-corrected chi connectivity index (χ2v) is 10.3.